The second kappa shape index (κ2) is 7.84. The van der Waals surface area contributed by atoms with Crippen LogP contribution in [0.4, 0.5) is 0 Å². The number of H-pyrrole nitrogens is 1. The molecule has 1 N–H and O–H groups in total. The third-order valence-corrected chi connectivity index (χ3v) is 5.53. The van der Waals surface area contributed by atoms with Crippen molar-refractivity contribution < 1.29 is 9.53 Å². The van der Waals surface area contributed by atoms with Gasteiger partial charge in [0.05, 0.1) is 18.0 Å². The van der Waals surface area contributed by atoms with Crippen molar-refractivity contribution >= 4 is 29.5 Å². The van der Waals surface area contributed by atoms with Crippen LogP contribution in [-0.4, -0.2) is 39.7 Å². The highest BCUT2D eigenvalue weighted by Gasteiger charge is 2.22. The molecular weight excluding hydrogens is 368 g/mol. The van der Waals surface area contributed by atoms with E-state index in [-0.39, 0.29) is 18.5 Å². The summed E-state index contributed by atoms with van der Waals surface area (Å²) in [6, 6.07) is 11.5. The average Bonchev–Trinajstić information content (AvgIpc) is 3.31. The van der Waals surface area contributed by atoms with Crippen LogP contribution in [0.3, 0.4) is 0 Å². The van der Waals surface area contributed by atoms with Gasteiger partial charge in [-0.1, -0.05) is 24.3 Å². The zero-order valence-corrected chi connectivity index (χ0v) is 16.4. The standard InChI is InChI=1S/C18H20N4O2S2/c1-12(13-7-4-5-8-14(13)24-3)21(2)16(23)11-22-17(19-20-18(22)25)15-9-6-10-26-15/h4-10,12H,11H2,1-3H3,(H,20,25). The summed E-state index contributed by atoms with van der Waals surface area (Å²) in [6.07, 6.45) is 0. The number of methoxy groups -OCH3 is 1. The number of carbonyl (C=O) groups is 1. The van der Waals surface area contributed by atoms with Crippen molar-refractivity contribution in [2.75, 3.05) is 14.2 Å². The van der Waals surface area contributed by atoms with Crippen LogP contribution in [0.2, 0.25) is 0 Å². The molecule has 136 valence electrons. The number of benzene rings is 1. The molecule has 6 nitrogen and oxygen atoms in total. The van der Waals surface area contributed by atoms with E-state index < -0.39 is 0 Å². The second-order valence-corrected chi connectivity index (χ2v) is 7.17. The summed E-state index contributed by atoms with van der Waals surface area (Å²) in [5.74, 6) is 1.38. The molecule has 3 aromatic rings. The number of aromatic amines is 1. The molecule has 0 saturated heterocycles. The molecule has 0 aliphatic carbocycles. The Bertz CT molecular complexity index is 946. The molecule has 0 saturated carbocycles. The molecule has 2 heterocycles. The van der Waals surface area contributed by atoms with Gasteiger partial charge in [-0.15, -0.1) is 11.3 Å². The average molecular weight is 389 g/mol. The predicted octanol–water partition coefficient (Wildman–Crippen LogP) is 3.90. The highest BCUT2D eigenvalue weighted by atomic mass is 32.1. The number of amides is 1. The van der Waals surface area contributed by atoms with E-state index in [4.69, 9.17) is 17.0 Å². The zero-order chi connectivity index (χ0) is 18.7. The molecule has 1 unspecified atom stereocenters. The van der Waals surface area contributed by atoms with Gasteiger partial charge in [0.2, 0.25) is 5.91 Å². The fourth-order valence-electron chi connectivity index (χ4n) is 2.74. The topological polar surface area (TPSA) is 63.1 Å². The van der Waals surface area contributed by atoms with Gasteiger partial charge >= 0.3 is 0 Å². The van der Waals surface area contributed by atoms with Gasteiger partial charge < -0.3 is 9.64 Å². The van der Waals surface area contributed by atoms with Gasteiger partial charge in [0, 0.05) is 12.6 Å². The highest BCUT2D eigenvalue weighted by Crippen LogP contribution is 2.28. The molecule has 26 heavy (non-hydrogen) atoms. The number of nitrogens with zero attached hydrogens (tertiary/aromatic N) is 3. The minimum atomic E-state index is -0.134. The van der Waals surface area contributed by atoms with Crippen LogP contribution in [0, 0.1) is 4.77 Å². The highest BCUT2D eigenvalue weighted by molar-refractivity contribution is 7.71. The van der Waals surface area contributed by atoms with Crippen LogP contribution in [-0.2, 0) is 11.3 Å². The van der Waals surface area contributed by atoms with Gasteiger partial charge in [-0.2, -0.15) is 5.10 Å². The van der Waals surface area contributed by atoms with Crippen molar-refractivity contribution in [1.29, 1.82) is 0 Å². The molecule has 0 aliphatic rings. The van der Waals surface area contributed by atoms with E-state index in [0.717, 1.165) is 16.2 Å². The number of nitrogens with one attached hydrogen (secondary N) is 1. The molecule has 0 fully saturated rings. The lowest BCUT2D eigenvalue weighted by Crippen LogP contribution is -2.33. The monoisotopic (exact) mass is 388 g/mol. The Kier molecular flexibility index (Phi) is 5.53. The quantitative estimate of drug-likeness (QED) is 0.651. The van der Waals surface area contributed by atoms with E-state index in [2.05, 4.69) is 10.2 Å². The molecule has 1 atom stereocenters. The normalized spacial score (nSPS) is 12.0. The lowest BCUT2D eigenvalue weighted by atomic mass is 10.1. The number of rotatable bonds is 6. The molecule has 1 amide bonds. The molecule has 0 spiro atoms. The molecule has 0 radical (unpaired) electrons. The Morgan fingerprint density at radius 1 is 1.38 bits per heavy atom. The number of thiophene rings is 1. The number of hydrogen-bond acceptors (Lipinski definition) is 5. The smallest absolute Gasteiger partial charge is 0.242 e. The molecular formula is C18H20N4O2S2. The summed E-state index contributed by atoms with van der Waals surface area (Å²) >= 11 is 6.87. The lowest BCUT2D eigenvalue weighted by Gasteiger charge is -2.27. The summed E-state index contributed by atoms with van der Waals surface area (Å²) in [5.41, 5.74) is 0.958. The van der Waals surface area contributed by atoms with Crippen LogP contribution < -0.4 is 4.74 Å². The van der Waals surface area contributed by atoms with Crippen molar-refractivity contribution in [2.45, 2.75) is 19.5 Å². The maximum absolute atomic E-state index is 12.9. The molecule has 8 heteroatoms. The first-order valence-corrected chi connectivity index (χ1v) is 9.39. The molecule has 2 aromatic heterocycles. The largest absolute Gasteiger partial charge is 0.496 e. The van der Waals surface area contributed by atoms with Gasteiger partial charge in [0.1, 0.15) is 12.3 Å². The third-order valence-electron chi connectivity index (χ3n) is 4.36. The van der Waals surface area contributed by atoms with Crippen LogP contribution in [0.1, 0.15) is 18.5 Å². The number of ether oxygens (including phenoxy) is 1. The Morgan fingerprint density at radius 2 is 2.15 bits per heavy atom. The van der Waals surface area contributed by atoms with E-state index in [1.54, 1.807) is 35.0 Å². The van der Waals surface area contributed by atoms with Gasteiger partial charge in [-0.05, 0) is 36.7 Å². The van der Waals surface area contributed by atoms with E-state index >= 15 is 0 Å². The van der Waals surface area contributed by atoms with Crippen LogP contribution in [0.5, 0.6) is 5.75 Å². The zero-order valence-electron chi connectivity index (χ0n) is 14.8. The van der Waals surface area contributed by atoms with E-state index in [1.165, 1.54) is 0 Å². The SMILES string of the molecule is COc1ccccc1C(C)N(C)C(=O)Cn1c(-c2cccs2)n[nH]c1=S. The Morgan fingerprint density at radius 3 is 2.85 bits per heavy atom. The van der Waals surface area contributed by atoms with Crippen LogP contribution >= 0.6 is 23.6 Å². The number of carbonyl (C=O) groups excluding carboxylic acids is 1. The lowest BCUT2D eigenvalue weighted by molar-refractivity contribution is -0.132. The first kappa shape index (κ1) is 18.3. The first-order chi connectivity index (χ1) is 12.5. The van der Waals surface area contributed by atoms with E-state index in [0.29, 0.717) is 10.6 Å². The molecule has 0 aliphatic heterocycles. The second-order valence-electron chi connectivity index (χ2n) is 5.84. The Hall–Kier alpha value is -2.45. The summed E-state index contributed by atoms with van der Waals surface area (Å²) in [7, 11) is 3.42. The fraction of sp³-hybridized carbons (Fsp3) is 0.278. The van der Waals surface area contributed by atoms with Crippen molar-refractivity contribution in [2.24, 2.45) is 0 Å². The maximum Gasteiger partial charge on any atom is 0.242 e. The van der Waals surface area contributed by atoms with Crippen molar-refractivity contribution in [1.82, 2.24) is 19.7 Å². The fourth-order valence-corrected chi connectivity index (χ4v) is 3.66. The third kappa shape index (κ3) is 3.56. The summed E-state index contributed by atoms with van der Waals surface area (Å²) in [4.78, 5) is 15.5. The molecule has 0 bridgehead atoms. The maximum atomic E-state index is 12.9. The summed E-state index contributed by atoms with van der Waals surface area (Å²) < 4.78 is 7.58. The Balaban J connectivity index is 1.82. The van der Waals surface area contributed by atoms with Crippen LogP contribution in [0.15, 0.2) is 41.8 Å². The van der Waals surface area contributed by atoms with Crippen molar-refractivity contribution in [3.8, 4) is 16.5 Å². The Labute approximate surface area is 161 Å². The van der Waals surface area contributed by atoms with Crippen LogP contribution in [0.25, 0.3) is 10.7 Å². The predicted molar refractivity (Wildman–Crippen MR) is 105 cm³/mol. The number of para-hydroxylation sites is 1. The summed E-state index contributed by atoms with van der Waals surface area (Å²) in [5, 5.41) is 9.01. The summed E-state index contributed by atoms with van der Waals surface area (Å²) in [6.45, 7) is 2.10. The number of hydrogen-bond donors (Lipinski definition) is 1. The van der Waals surface area contributed by atoms with Gasteiger partial charge in [-0.3, -0.25) is 14.5 Å². The van der Waals surface area contributed by atoms with Crippen molar-refractivity contribution in [3.63, 3.8) is 0 Å². The molecule has 1 aromatic carbocycles. The first-order valence-electron chi connectivity index (χ1n) is 8.10. The van der Waals surface area contributed by atoms with E-state index in [1.807, 2.05) is 48.7 Å². The van der Waals surface area contributed by atoms with E-state index in [9.17, 15) is 4.79 Å². The van der Waals surface area contributed by atoms with Gasteiger partial charge in [0.15, 0.2) is 10.6 Å². The molecule has 3 rings (SSSR count). The van der Waals surface area contributed by atoms with Crippen molar-refractivity contribution in [3.05, 3.63) is 52.1 Å². The van der Waals surface area contributed by atoms with Gasteiger partial charge in [-0.25, -0.2) is 0 Å². The van der Waals surface area contributed by atoms with Gasteiger partial charge in [0.25, 0.3) is 0 Å². The minimum absolute atomic E-state index is 0.0567. The number of aromatic nitrogens is 3. The minimum Gasteiger partial charge on any atom is -0.496 e. The number of likely N-dealkylation sites (N-methyl/N-ethyl adjacent to an activating group) is 1.